The molecule has 0 radical (unpaired) electrons. The molecule has 0 saturated carbocycles. The molecule has 2 aromatic carbocycles. The first kappa shape index (κ1) is 19.3. The Balaban J connectivity index is 1.52. The van der Waals surface area contributed by atoms with Gasteiger partial charge >= 0.3 is 5.69 Å². The largest absolute Gasteiger partial charge is 0.354 e. The van der Waals surface area contributed by atoms with Crippen molar-refractivity contribution in [1.82, 2.24) is 19.9 Å². The SMILES string of the molecule is Cc1cccc2sc(Nc3ncnc(Nc4nc5c(C)cccc5s4)c3[N+](=O)[O-])nc12. The van der Waals surface area contributed by atoms with Crippen LogP contribution in [0.4, 0.5) is 27.6 Å². The molecule has 31 heavy (non-hydrogen) atoms. The number of nitrogens with zero attached hydrogens (tertiary/aromatic N) is 5. The molecule has 154 valence electrons. The molecule has 0 unspecified atom stereocenters. The third-order valence-corrected chi connectivity index (χ3v) is 6.57. The third-order valence-electron chi connectivity index (χ3n) is 4.70. The molecule has 11 heteroatoms. The lowest BCUT2D eigenvalue weighted by Crippen LogP contribution is -2.05. The van der Waals surface area contributed by atoms with E-state index < -0.39 is 4.92 Å². The molecule has 0 aliphatic carbocycles. The van der Waals surface area contributed by atoms with Crippen molar-refractivity contribution >= 4 is 70.7 Å². The first-order valence-electron chi connectivity index (χ1n) is 9.25. The fraction of sp³-hybridized carbons (Fsp3) is 0.100. The van der Waals surface area contributed by atoms with Crippen molar-refractivity contribution in [3.8, 4) is 0 Å². The molecule has 0 aliphatic rings. The van der Waals surface area contributed by atoms with Crippen LogP contribution >= 0.6 is 22.7 Å². The van der Waals surface area contributed by atoms with Gasteiger partial charge < -0.3 is 10.6 Å². The number of nitro groups is 1. The summed E-state index contributed by atoms with van der Waals surface area (Å²) in [6.45, 7) is 3.95. The van der Waals surface area contributed by atoms with E-state index in [1.165, 1.54) is 29.0 Å². The van der Waals surface area contributed by atoms with Crippen LogP contribution in [0.5, 0.6) is 0 Å². The number of aromatic nitrogens is 4. The van der Waals surface area contributed by atoms with Gasteiger partial charge in [0.15, 0.2) is 10.3 Å². The van der Waals surface area contributed by atoms with E-state index in [0.717, 1.165) is 31.6 Å². The molecule has 0 amide bonds. The number of para-hydroxylation sites is 2. The van der Waals surface area contributed by atoms with Gasteiger partial charge in [-0.3, -0.25) is 10.1 Å². The van der Waals surface area contributed by atoms with Gasteiger partial charge in [0.05, 0.1) is 25.4 Å². The van der Waals surface area contributed by atoms with Gasteiger partial charge in [0, 0.05) is 0 Å². The van der Waals surface area contributed by atoms with E-state index in [0.29, 0.717) is 10.3 Å². The summed E-state index contributed by atoms with van der Waals surface area (Å²) in [6, 6.07) is 11.8. The maximum atomic E-state index is 11.9. The highest BCUT2D eigenvalue weighted by molar-refractivity contribution is 7.22. The minimum atomic E-state index is -0.512. The Morgan fingerprint density at radius 1 is 0.839 bits per heavy atom. The van der Waals surface area contributed by atoms with Crippen LogP contribution in [0, 0.1) is 24.0 Å². The maximum Gasteiger partial charge on any atom is 0.354 e. The van der Waals surface area contributed by atoms with Gasteiger partial charge in [-0.15, -0.1) is 0 Å². The number of rotatable bonds is 5. The van der Waals surface area contributed by atoms with E-state index >= 15 is 0 Å². The Morgan fingerprint density at radius 3 is 1.74 bits per heavy atom. The second-order valence-corrected chi connectivity index (χ2v) is 8.87. The van der Waals surface area contributed by atoms with Gasteiger partial charge in [-0.25, -0.2) is 19.9 Å². The molecule has 5 rings (SSSR count). The molecule has 5 aromatic rings. The number of benzene rings is 2. The third kappa shape index (κ3) is 3.53. The number of thiazole rings is 2. The molecule has 0 aliphatic heterocycles. The zero-order valence-corrected chi connectivity index (χ0v) is 18.0. The number of fused-ring (bicyclic) bond motifs is 2. The number of nitrogens with one attached hydrogen (secondary N) is 2. The van der Waals surface area contributed by atoms with Crippen molar-refractivity contribution in [2.75, 3.05) is 10.6 Å². The van der Waals surface area contributed by atoms with Crippen molar-refractivity contribution in [3.05, 3.63) is 64.0 Å². The van der Waals surface area contributed by atoms with Crippen molar-refractivity contribution in [3.63, 3.8) is 0 Å². The molecular formula is C20H15N7O2S2. The fourth-order valence-electron chi connectivity index (χ4n) is 3.22. The molecule has 0 bridgehead atoms. The highest BCUT2D eigenvalue weighted by atomic mass is 32.1. The van der Waals surface area contributed by atoms with E-state index in [2.05, 4.69) is 30.6 Å². The first-order valence-corrected chi connectivity index (χ1v) is 10.9. The van der Waals surface area contributed by atoms with Crippen LogP contribution in [0.3, 0.4) is 0 Å². The summed E-state index contributed by atoms with van der Waals surface area (Å²) in [5, 5.41) is 18.9. The van der Waals surface area contributed by atoms with Crippen LogP contribution in [0.2, 0.25) is 0 Å². The maximum absolute atomic E-state index is 11.9. The van der Waals surface area contributed by atoms with Crippen LogP contribution in [-0.4, -0.2) is 24.9 Å². The lowest BCUT2D eigenvalue weighted by molar-refractivity contribution is -0.383. The molecule has 3 heterocycles. The van der Waals surface area contributed by atoms with Gasteiger partial charge in [0.1, 0.15) is 6.33 Å². The zero-order valence-electron chi connectivity index (χ0n) is 16.4. The average molecular weight is 450 g/mol. The van der Waals surface area contributed by atoms with Crippen molar-refractivity contribution in [2.45, 2.75) is 13.8 Å². The van der Waals surface area contributed by atoms with Gasteiger partial charge in [-0.1, -0.05) is 46.9 Å². The molecule has 0 spiro atoms. The summed E-state index contributed by atoms with van der Waals surface area (Å²) in [7, 11) is 0. The lowest BCUT2D eigenvalue weighted by Gasteiger charge is -2.06. The topological polar surface area (TPSA) is 119 Å². The predicted molar refractivity (Wildman–Crippen MR) is 124 cm³/mol. The van der Waals surface area contributed by atoms with Crippen LogP contribution in [0.15, 0.2) is 42.7 Å². The lowest BCUT2D eigenvalue weighted by atomic mass is 10.2. The summed E-state index contributed by atoms with van der Waals surface area (Å²) < 4.78 is 1.98. The van der Waals surface area contributed by atoms with E-state index in [1.807, 2.05) is 50.2 Å². The normalized spacial score (nSPS) is 11.2. The molecule has 0 fully saturated rings. The van der Waals surface area contributed by atoms with Crippen molar-refractivity contribution in [2.24, 2.45) is 0 Å². The predicted octanol–water partition coefficient (Wildman–Crippen LogP) is 5.71. The zero-order chi connectivity index (χ0) is 21.5. The first-order chi connectivity index (χ1) is 15.0. The van der Waals surface area contributed by atoms with Gasteiger partial charge in [-0.05, 0) is 37.1 Å². The second kappa shape index (κ2) is 7.52. The molecule has 9 nitrogen and oxygen atoms in total. The highest BCUT2D eigenvalue weighted by Gasteiger charge is 2.25. The van der Waals surface area contributed by atoms with E-state index in [9.17, 15) is 10.1 Å². The molecular weight excluding hydrogens is 434 g/mol. The quantitative estimate of drug-likeness (QED) is 0.259. The number of hydrogen-bond acceptors (Lipinski definition) is 10. The Bertz CT molecular complexity index is 1360. The van der Waals surface area contributed by atoms with Crippen LogP contribution in [0.1, 0.15) is 11.1 Å². The van der Waals surface area contributed by atoms with Gasteiger partial charge in [0.2, 0.25) is 11.6 Å². The van der Waals surface area contributed by atoms with Crippen LogP contribution < -0.4 is 10.6 Å². The summed E-state index contributed by atoms with van der Waals surface area (Å²) >= 11 is 2.81. The minimum absolute atomic E-state index is 0.0662. The molecule has 2 N–H and O–H groups in total. The van der Waals surface area contributed by atoms with E-state index in [-0.39, 0.29) is 17.3 Å². The summed E-state index contributed by atoms with van der Waals surface area (Å²) in [5.41, 5.74) is 3.51. The Hall–Kier alpha value is -3.70. The average Bonchev–Trinajstić information content (AvgIpc) is 3.33. The van der Waals surface area contributed by atoms with Crippen molar-refractivity contribution < 1.29 is 4.92 Å². The van der Waals surface area contributed by atoms with Crippen LogP contribution in [0.25, 0.3) is 20.4 Å². The van der Waals surface area contributed by atoms with Crippen molar-refractivity contribution in [1.29, 1.82) is 0 Å². The summed E-state index contributed by atoms with van der Waals surface area (Å²) in [6.07, 6.45) is 1.27. The van der Waals surface area contributed by atoms with Crippen LogP contribution in [-0.2, 0) is 0 Å². The Morgan fingerprint density at radius 2 is 1.32 bits per heavy atom. The second-order valence-electron chi connectivity index (χ2n) is 6.81. The van der Waals surface area contributed by atoms with Gasteiger partial charge in [-0.2, -0.15) is 0 Å². The fourth-order valence-corrected chi connectivity index (χ4v) is 5.10. The summed E-state index contributed by atoms with van der Waals surface area (Å²) in [5.74, 6) is 0.132. The number of aryl methyl sites for hydroxylation is 2. The summed E-state index contributed by atoms with van der Waals surface area (Å²) in [4.78, 5) is 28.7. The highest BCUT2D eigenvalue weighted by Crippen LogP contribution is 2.37. The van der Waals surface area contributed by atoms with E-state index in [1.54, 1.807) is 0 Å². The Kier molecular flexibility index (Phi) is 4.68. The number of anilines is 4. The molecule has 0 saturated heterocycles. The smallest absolute Gasteiger partial charge is 0.310 e. The Labute approximate surface area is 184 Å². The van der Waals surface area contributed by atoms with E-state index in [4.69, 9.17) is 0 Å². The van der Waals surface area contributed by atoms with Gasteiger partial charge in [0.25, 0.3) is 0 Å². The molecule has 3 aromatic heterocycles. The standard InChI is InChI=1S/C20H15N7O2S2/c1-10-5-3-7-12-14(10)23-19(30-12)25-17-16(27(28)29)18(22-9-21-17)26-20-24-15-11(2)6-4-8-13(15)31-20/h3-9H,1-2H3,(H2,21,22,23,24,25,26). The minimum Gasteiger partial charge on any atom is -0.310 e. The number of hydrogen-bond donors (Lipinski definition) is 2. The monoisotopic (exact) mass is 449 g/mol. The molecule has 0 atom stereocenters.